The molecule has 2 aliphatic heterocycles. The monoisotopic (exact) mass is 423 g/mol. The third-order valence-corrected chi connectivity index (χ3v) is 5.84. The second-order valence-corrected chi connectivity index (χ2v) is 8.99. The zero-order valence-electron chi connectivity index (χ0n) is 18.6. The Labute approximate surface area is 185 Å². The number of nitrogens with zero attached hydrogens (tertiary/aromatic N) is 3. The van der Waals surface area contributed by atoms with E-state index < -0.39 is 0 Å². The van der Waals surface area contributed by atoms with Crippen LogP contribution in [-0.2, 0) is 29.2 Å². The fourth-order valence-corrected chi connectivity index (χ4v) is 4.36. The van der Waals surface area contributed by atoms with Crippen LogP contribution in [0, 0.1) is 11.8 Å². The van der Waals surface area contributed by atoms with Gasteiger partial charge in [0, 0.05) is 25.2 Å². The smallest absolute Gasteiger partial charge is 0.227 e. The van der Waals surface area contributed by atoms with Gasteiger partial charge in [0.25, 0.3) is 0 Å². The van der Waals surface area contributed by atoms with Gasteiger partial charge >= 0.3 is 0 Å². The molecule has 6 nitrogen and oxygen atoms in total. The fraction of sp³-hybridized carbons (Fsp3) is 0.520. The first-order valence-electron chi connectivity index (χ1n) is 11.3. The number of amides is 1. The molecule has 4 rings (SSSR count). The highest BCUT2D eigenvalue weighted by molar-refractivity contribution is 5.79. The second-order valence-electron chi connectivity index (χ2n) is 8.99. The van der Waals surface area contributed by atoms with E-state index >= 15 is 0 Å². The maximum atomic E-state index is 13.4. The predicted molar refractivity (Wildman–Crippen MR) is 119 cm³/mol. The molecule has 0 radical (unpaired) electrons. The van der Waals surface area contributed by atoms with Crippen molar-refractivity contribution in [2.24, 2.45) is 11.8 Å². The van der Waals surface area contributed by atoms with Crippen LogP contribution in [0.25, 0.3) is 0 Å². The van der Waals surface area contributed by atoms with Crippen LogP contribution in [0.1, 0.15) is 37.1 Å². The molecule has 2 aliphatic rings. The van der Waals surface area contributed by atoms with E-state index in [0.717, 1.165) is 43.9 Å². The number of rotatable bonds is 7. The molecule has 0 bridgehead atoms. The lowest BCUT2D eigenvalue weighted by molar-refractivity contribution is -0.136. The summed E-state index contributed by atoms with van der Waals surface area (Å²) in [5, 5.41) is 0. The molecule has 3 heterocycles. The maximum Gasteiger partial charge on any atom is 0.227 e. The summed E-state index contributed by atoms with van der Waals surface area (Å²) >= 11 is 0. The van der Waals surface area contributed by atoms with Crippen LogP contribution in [0.4, 0.5) is 0 Å². The Morgan fingerprint density at radius 3 is 2.84 bits per heavy atom. The minimum atomic E-state index is 0.0490. The molecule has 1 unspecified atom stereocenters. The van der Waals surface area contributed by atoms with Gasteiger partial charge in [-0.05, 0) is 36.6 Å². The molecule has 1 aromatic heterocycles. The molecule has 6 heteroatoms. The predicted octanol–water partition coefficient (Wildman–Crippen LogP) is 3.50. The number of benzene rings is 1. The summed E-state index contributed by atoms with van der Waals surface area (Å²) in [5.74, 6) is 1.33. The Bertz CT molecular complexity index is 872. The standard InChI is InChI=1S/C25H33N3O3/c1-19(2)14-28(17-23-9-8-22-18-30-12-13-31-24(22)26-23)25(29)21-10-11-27(16-21)15-20-6-4-3-5-7-20/h3-9,19,21H,10-18H2,1-2H3. The van der Waals surface area contributed by atoms with Crippen LogP contribution in [0.2, 0.25) is 0 Å². The zero-order valence-corrected chi connectivity index (χ0v) is 18.6. The van der Waals surface area contributed by atoms with Crippen LogP contribution in [0.3, 0.4) is 0 Å². The van der Waals surface area contributed by atoms with E-state index in [1.54, 1.807) is 0 Å². The molecule has 1 atom stereocenters. The van der Waals surface area contributed by atoms with Gasteiger partial charge in [-0.15, -0.1) is 0 Å². The van der Waals surface area contributed by atoms with Crippen molar-refractivity contribution in [1.29, 1.82) is 0 Å². The van der Waals surface area contributed by atoms with Crippen molar-refractivity contribution in [3.05, 3.63) is 59.3 Å². The van der Waals surface area contributed by atoms with Gasteiger partial charge in [0.1, 0.15) is 6.61 Å². The Morgan fingerprint density at radius 1 is 1.19 bits per heavy atom. The van der Waals surface area contributed by atoms with Crippen LogP contribution in [-0.4, -0.2) is 53.5 Å². The summed E-state index contributed by atoms with van der Waals surface area (Å²) in [6.45, 7) is 9.86. The minimum Gasteiger partial charge on any atom is -0.475 e. The van der Waals surface area contributed by atoms with Gasteiger partial charge in [0.15, 0.2) is 0 Å². The topological polar surface area (TPSA) is 54.9 Å². The normalized spacial score (nSPS) is 19.0. The van der Waals surface area contributed by atoms with E-state index in [1.165, 1.54) is 5.56 Å². The van der Waals surface area contributed by atoms with Gasteiger partial charge in [-0.3, -0.25) is 9.69 Å². The van der Waals surface area contributed by atoms with Crippen molar-refractivity contribution in [3.63, 3.8) is 0 Å². The van der Waals surface area contributed by atoms with E-state index in [9.17, 15) is 4.79 Å². The Morgan fingerprint density at radius 2 is 2.03 bits per heavy atom. The summed E-state index contributed by atoms with van der Waals surface area (Å²) in [5.41, 5.74) is 3.14. The minimum absolute atomic E-state index is 0.0490. The largest absolute Gasteiger partial charge is 0.475 e. The molecule has 1 fully saturated rings. The lowest BCUT2D eigenvalue weighted by Crippen LogP contribution is -2.39. The van der Waals surface area contributed by atoms with Crippen molar-refractivity contribution in [1.82, 2.24) is 14.8 Å². The quantitative estimate of drug-likeness (QED) is 0.682. The molecule has 0 spiro atoms. The van der Waals surface area contributed by atoms with E-state index in [4.69, 9.17) is 14.5 Å². The Hall–Kier alpha value is -2.44. The van der Waals surface area contributed by atoms with E-state index in [2.05, 4.69) is 43.0 Å². The van der Waals surface area contributed by atoms with E-state index in [0.29, 0.717) is 38.2 Å². The van der Waals surface area contributed by atoms with Crippen molar-refractivity contribution in [3.8, 4) is 5.88 Å². The summed E-state index contributed by atoms with van der Waals surface area (Å²) in [6.07, 6.45) is 0.915. The number of aromatic nitrogens is 1. The van der Waals surface area contributed by atoms with Crippen LogP contribution >= 0.6 is 0 Å². The third-order valence-electron chi connectivity index (χ3n) is 5.84. The molecule has 0 saturated carbocycles. The molecule has 166 valence electrons. The first-order chi connectivity index (χ1) is 15.1. The highest BCUT2D eigenvalue weighted by Gasteiger charge is 2.32. The molecule has 0 aliphatic carbocycles. The number of carbonyl (C=O) groups is 1. The van der Waals surface area contributed by atoms with Gasteiger partial charge in [-0.2, -0.15) is 0 Å². The van der Waals surface area contributed by atoms with Crippen LogP contribution in [0.5, 0.6) is 5.88 Å². The van der Waals surface area contributed by atoms with E-state index in [1.807, 2.05) is 23.1 Å². The molecular weight excluding hydrogens is 390 g/mol. The van der Waals surface area contributed by atoms with Crippen LogP contribution in [0.15, 0.2) is 42.5 Å². The summed E-state index contributed by atoms with van der Waals surface area (Å²) in [6, 6.07) is 14.5. The second kappa shape index (κ2) is 10.2. The molecule has 1 aromatic carbocycles. The Balaban J connectivity index is 1.41. The molecule has 31 heavy (non-hydrogen) atoms. The van der Waals surface area contributed by atoms with Gasteiger partial charge < -0.3 is 14.4 Å². The number of carbonyl (C=O) groups excluding carboxylic acids is 1. The van der Waals surface area contributed by atoms with Gasteiger partial charge in [-0.25, -0.2) is 4.98 Å². The first kappa shape index (κ1) is 21.8. The lowest BCUT2D eigenvalue weighted by Gasteiger charge is -2.27. The summed E-state index contributed by atoms with van der Waals surface area (Å²) in [7, 11) is 0. The number of pyridine rings is 1. The van der Waals surface area contributed by atoms with E-state index in [-0.39, 0.29) is 11.8 Å². The summed E-state index contributed by atoms with van der Waals surface area (Å²) < 4.78 is 11.3. The van der Waals surface area contributed by atoms with Gasteiger partial charge in [0.05, 0.1) is 31.4 Å². The van der Waals surface area contributed by atoms with Crippen molar-refractivity contribution in [2.45, 2.75) is 40.0 Å². The SMILES string of the molecule is CC(C)CN(Cc1ccc2c(n1)OCCOC2)C(=O)C1CCN(Cc2ccccc2)C1. The average Bonchev–Trinajstić information content (AvgIpc) is 3.09. The van der Waals surface area contributed by atoms with Crippen molar-refractivity contribution in [2.75, 3.05) is 32.8 Å². The number of hydrogen-bond acceptors (Lipinski definition) is 5. The van der Waals surface area contributed by atoms with Gasteiger partial charge in [0.2, 0.25) is 11.8 Å². The zero-order chi connectivity index (χ0) is 21.6. The number of fused-ring (bicyclic) bond motifs is 1. The molecular formula is C25H33N3O3. The molecule has 0 N–H and O–H groups in total. The average molecular weight is 424 g/mol. The van der Waals surface area contributed by atoms with Crippen molar-refractivity contribution >= 4 is 5.91 Å². The highest BCUT2D eigenvalue weighted by atomic mass is 16.5. The maximum absolute atomic E-state index is 13.4. The molecule has 1 saturated heterocycles. The molecule has 1 amide bonds. The van der Waals surface area contributed by atoms with Gasteiger partial charge in [-0.1, -0.05) is 44.2 Å². The van der Waals surface area contributed by atoms with Crippen molar-refractivity contribution < 1.29 is 14.3 Å². The number of hydrogen-bond donors (Lipinski definition) is 0. The first-order valence-corrected chi connectivity index (χ1v) is 11.3. The summed E-state index contributed by atoms with van der Waals surface area (Å²) in [4.78, 5) is 22.5. The fourth-order valence-electron chi connectivity index (χ4n) is 4.36. The number of likely N-dealkylation sites (tertiary alicyclic amines) is 1. The third kappa shape index (κ3) is 5.83. The van der Waals surface area contributed by atoms with Crippen LogP contribution < -0.4 is 4.74 Å². The highest BCUT2D eigenvalue weighted by Crippen LogP contribution is 2.24. The Kier molecular flexibility index (Phi) is 7.20. The lowest BCUT2D eigenvalue weighted by atomic mass is 10.1. The molecule has 2 aromatic rings. The number of ether oxygens (including phenoxy) is 2.